The van der Waals surface area contributed by atoms with Crippen molar-refractivity contribution in [1.29, 1.82) is 5.26 Å². The molecule has 3 aromatic carbocycles. The van der Waals surface area contributed by atoms with Crippen molar-refractivity contribution in [3.05, 3.63) is 106 Å². The summed E-state index contributed by atoms with van der Waals surface area (Å²) in [6.45, 7) is 1.53. The van der Waals surface area contributed by atoms with Crippen LogP contribution in [0.2, 0.25) is 0 Å². The second-order valence-electron chi connectivity index (χ2n) is 8.29. The molecule has 4 rings (SSSR count). The molecule has 9 nitrogen and oxygen atoms in total. The molecular weight excluding hydrogens is 470 g/mol. The zero-order valence-corrected chi connectivity index (χ0v) is 20.4. The molecule has 0 aliphatic rings. The Bertz CT molecular complexity index is 1530. The van der Waals surface area contributed by atoms with Crippen molar-refractivity contribution in [2.75, 3.05) is 17.2 Å². The van der Waals surface area contributed by atoms with Gasteiger partial charge in [0.25, 0.3) is 17.4 Å². The van der Waals surface area contributed by atoms with Crippen molar-refractivity contribution in [3.8, 4) is 17.5 Å². The van der Waals surface area contributed by atoms with Gasteiger partial charge >= 0.3 is 0 Å². The van der Waals surface area contributed by atoms with Gasteiger partial charge in [-0.25, -0.2) is 4.68 Å². The second-order valence-corrected chi connectivity index (χ2v) is 8.29. The molecule has 0 unspecified atom stereocenters. The quantitative estimate of drug-likeness (QED) is 0.385. The highest BCUT2D eigenvalue weighted by atomic mass is 16.5. The third-order valence-electron chi connectivity index (χ3n) is 5.78. The van der Waals surface area contributed by atoms with E-state index in [1.807, 2.05) is 30.3 Å². The van der Waals surface area contributed by atoms with Gasteiger partial charge in [0, 0.05) is 18.3 Å². The number of anilines is 2. The maximum Gasteiger partial charge on any atom is 0.295 e. The Labute approximate surface area is 213 Å². The molecule has 1 aromatic heterocycles. The van der Waals surface area contributed by atoms with Crippen molar-refractivity contribution in [2.24, 2.45) is 7.05 Å². The highest BCUT2D eigenvalue weighted by molar-refractivity contribution is 6.05. The average molecular weight is 496 g/mol. The fraction of sp³-hybridized carbons (Fsp3) is 0.143. The molecule has 0 aliphatic carbocycles. The summed E-state index contributed by atoms with van der Waals surface area (Å²) in [5.74, 6) is -0.372. The van der Waals surface area contributed by atoms with E-state index in [0.29, 0.717) is 29.2 Å². The first-order chi connectivity index (χ1) is 17.9. The molecule has 0 bridgehead atoms. The standard InChI is InChI=1S/C28H25N5O4/c1-19-26(28(36)33(32(19)2)23-9-4-3-5-10-23)31-27(35)21-7-6-8-22(17-21)30-25(34)18-37-24-13-11-20(12-14-24)15-16-29/h3-14,17H,15,18H2,1-2H3,(H,30,34)(H,31,35). The van der Waals surface area contributed by atoms with Gasteiger partial charge in [0.15, 0.2) is 6.61 Å². The molecule has 2 N–H and O–H groups in total. The minimum Gasteiger partial charge on any atom is -0.484 e. The molecular formula is C28H25N5O4. The number of nitriles is 1. The second kappa shape index (κ2) is 11.1. The van der Waals surface area contributed by atoms with E-state index in [2.05, 4.69) is 16.7 Å². The summed E-state index contributed by atoms with van der Waals surface area (Å²) in [6.07, 6.45) is 0.303. The first-order valence-corrected chi connectivity index (χ1v) is 11.5. The SMILES string of the molecule is Cc1c(NC(=O)c2cccc(NC(=O)COc3ccc(CC#N)cc3)c2)c(=O)n(-c2ccccc2)n1C. The maximum atomic E-state index is 13.1. The number of nitrogens with one attached hydrogen (secondary N) is 2. The van der Waals surface area contributed by atoms with Gasteiger partial charge in [-0.05, 0) is 55.0 Å². The van der Waals surface area contributed by atoms with Crippen molar-refractivity contribution >= 4 is 23.2 Å². The molecule has 0 saturated heterocycles. The number of benzene rings is 3. The number of aromatic nitrogens is 2. The number of ether oxygens (including phenoxy) is 1. The molecule has 0 saturated carbocycles. The molecule has 0 spiro atoms. The Morgan fingerprint density at radius 3 is 2.41 bits per heavy atom. The first-order valence-electron chi connectivity index (χ1n) is 11.5. The molecule has 0 atom stereocenters. The summed E-state index contributed by atoms with van der Waals surface area (Å²) in [4.78, 5) is 38.4. The number of amides is 2. The van der Waals surface area contributed by atoms with Gasteiger partial charge in [-0.15, -0.1) is 0 Å². The zero-order chi connectivity index (χ0) is 26.4. The number of hydrogen-bond acceptors (Lipinski definition) is 5. The van der Waals surface area contributed by atoms with Crippen LogP contribution in [0, 0.1) is 18.3 Å². The van der Waals surface area contributed by atoms with Crippen molar-refractivity contribution in [2.45, 2.75) is 13.3 Å². The van der Waals surface area contributed by atoms with Crippen LogP contribution in [-0.2, 0) is 18.3 Å². The molecule has 4 aromatic rings. The monoisotopic (exact) mass is 495 g/mol. The predicted molar refractivity (Wildman–Crippen MR) is 140 cm³/mol. The Kier molecular flexibility index (Phi) is 7.50. The van der Waals surface area contributed by atoms with Crippen LogP contribution < -0.4 is 20.9 Å². The smallest absolute Gasteiger partial charge is 0.295 e. The van der Waals surface area contributed by atoms with Gasteiger partial charge in [0.05, 0.1) is 23.9 Å². The molecule has 1 heterocycles. The van der Waals surface area contributed by atoms with Gasteiger partial charge in [0.1, 0.15) is 11.4 Å². The van der Waals surface area contributed by atoms with E-state index >= 15 is 0 Å². The van der Waals surface area contributed by atoms with Crippen LogP contribution >= 0.6 is 0 Å². The Morgan fingerprint density at radius 2 is 1.70 bits per heavy atom. The summed E-state index contributed by atoms with van der Waals surface area (Å²) >= 11 is 0. The number of rotatable bonds is 8. The van der Waals surface area contributed by atoms with Gasteiger partial charge in [-0.2, -0.15) is 5.26 Å². The van der Waals surface area contributed by atoms with Crippen LogP contribution in [0.5, 0.6) is 5.75 Å². The summed E-state index contributed by atoms with van der Waals surface area (Å²) in [5, 5.41) is 14.2. The lowest BCUT2D eigenvalue weighted by Crippen LogP contribution is -2.23. The summed E-state index contributed by atoms with van der Waals surface area (Å²) < 4.78 is 8.66. The third kappa shape index (κ3) is 5.77. The molecule has 37 heavy (non-hydrogen) atoms. The van der Waals surface area contributed by atoms with E-state index in [1.54, 1.807) is 61.1 Å². The van der Waals surface area contributed by atoms with Crippen LogP contribution in [0.4, 0.5) is 11.4 Å². The van der Waals surface area contributed by atoms with Crippen LogP contribution in [0.15, 0.2) is 83.7 Å². The van der Waals surface area contributed by atoms with Crippen LogP contribution in [0.25, 0.3) is 5.69 Å². The van der Waals surface area contributed by atoms with Crippen molar-refractivity contribution < 1.29 is 14.3 Å². The van der Waals surface area contributed by atoms with Gasteiger partial charge < -0.3 is 15.4 Å². The Morgan fingerprint density at radius 1 is 0.973 bits per heavy atom. The number of nitrogens with zero attached hydrogens (tertiary/aromatic N) is 3. The van der Waals surface area contributed by atoms with Crippen molar-refractivity contribution in [3.63, 3.8) is 0 Å². The van der Waals surface area contributed by atoms with E-state index in [-0.39, 0.29) is 23.4 Å². The molecule has 0 radical (unpaired) electrons. The number of carbonyl (C=O) groups excluding carboxylic acids is 2. The summed E-state index contributed by atoms with van der Waals surface area (Å²) in [6, 6.07) is 24.6. The van der Waals surface area contributed by atoms with E-state index < -0.39 is 11.8 Å². The van der Waals surface area contributed by atoms with Gasteiger partial charge in [-0.1, -0.05) is 36.4 Å². The first kappa shape index (κ1) is 25.0. The van der Waals surface area contributed by atoms with Crippen LogP contribution in [0.1, 0.15) is 21.6 Å². The Balaban J connectivity index is 1.42. The Hall–Kier alpha value is -5.10. The summed E-state index contributed by atoms with van der Waals surface area (Å²) in [7, 11) is 1.75. The number of hydrogen-bond donors (Lipinski definition) is 2. The fourth-order valence-electron chi connectivity index (χ4n) is 3.78. The normalized spacial score (nSPS) is 10.4. The predicted octanol–water partition coefficient (Wildman–Crippen LogP) is 3.82. The zero-order valence-electron chi connectivity index (χ0n) is 20.4. The molecule has 2 amide bonds. The van der Waals surface area contributed by atoms with E-state index in [0.717, 1.165) is 5.56 Å². The van der Waals surface area contributed by atoms with Gasteiger partial charge in [-0.3, -0.25) is 19.1 Å². The number of para-hydroxylation sites is 1. The lowest BCUT2D eigenvalue weighted by molar-refractivity contribution is -0.118. The van der Waals surface area contributed by atoms with E-state index in [4.69, 9.17) is 10.00 Å². The van der Waals surface area contributed by atoms with E-state index in [1.165, 1.54) is 10.7 Å². The topological polar surface area (TPSA) is 118 Å². The lowest BCUT2D eigenvalue weighted by atomic mass is 10.2. The molecule has 186 valence electrons. The maximum absolute atomic E-state index is 13.1. The largest absolute Gasteiger partial charge is 0.484 e. The molecule has 0 fully saturated rings. The van der Waals surface area contributed by atoms with Crippen LogP contribution in [-0.4, -0.2) is 27.8 Å². The highest BCUT2D eigenvalue weighted by Gasteiger charge is 2.19. The van der Waals surface area contributed by atoms with Gasteiger partial charge in [0.2, 0.25) is 0 Å². The van der Waals surface area contributed by atoms with E-state index in [9.17, 15) is 14.4 Å². The molecule has 9 heteroatoms. The minimum atomic E-state index is -0.476. The minimum absolute atomic E-state index is 0.181. The highest BCUT2D eigenvalue weighted by Crippen LogP contribution is 2.17. The third-order valence-corrected chi connectivity index (χ3v) is 5.78. The number of carbonyl (C=O) groups is 2. The molecule has 0 aliphatic heterocycles. The summed E-state index contributed by atoms with van der Waals surface area (Å²) in [5.41, 5.74) is 2.67. The van der Waals surface area contributed by atoms with Crippen LogP contribution in [0.3, 0.4) is 0 Å². The lowest BCUT2D eigenvalue weighted by Gasteiger charge is -2.09. The fourth-order valence-corrected chi connectivity index (χ4v) is 3.78. The van der Waals surface area contributed by atoms with Crippen molar-refractivity contribution in [1.82, 2.24) is 9.36 Å². The average Bonchev–Trinajstić information content (AvgIpc) is 3.12.